The van der Waals surface area contributed by atoms with E-state index in [1.165, 1.54) is 11.1 Å². The van der Waals surface area contributed by atoms with Crippen molar-refractivity contribution in [1.82, 2.24) is 15.0 Å². The Kier molecular flexibility index (Phi) is 4.39. The standard InChI is InChI=1S/C20H18N4S/c1-14-13-25-20-17(14)19(22-11-9-15-6-3-2-4-7-15)23-18(24-20)16-8-5-10-21-12-16/h2-8,10,12-13H,9,11H2,1H3,(H,22,23,24). The van der Waals surface area contributed by atoms with Crippen LogP contribution in [0.2, 0.25) is 0 Å². The molecule has 4 aromatic rings. The lowest BCUT2D eigenvalue weighted by molar-refractivity contribution is 1.01. The minimum absolute atomic E-state index is 0.713. The minimum Gasteiger partial charge on any atom is -0.369 e. The van der Waals surface area contributed by atoms with Crippen LogP contribution in [0.4, 0.5) is 5.82 Å². The van der Waals surface area contributed by atoms with Crippen molar-refractivity contribution in [3.63, 3.8) is 0 Å². The predicted octanol–water partition coefficient (Wildman–Crippen LogP) is 4.72. The molecule has 124 valence electrons. The molecule has 0 spiro atoms. The normalized spacial score (nSPS) is 10.9. The van der Waals surface area contributed by atoms with Gasteiger partial charge in [0.2, 0.25) is 0 Å². The first-order chi connectivity index (χ1) is 12.3. The number of aromatic nitrogens is 3. The number of fused-ring (bicyclic) bond motifs is 1. The van der Waals surface area contributed by atoms with Gasteiger partial charge >= 0.3 is 0 Å². The van der Waals surface area contributed by atoms with E-state index in [0.717, 1.165) is 34.6 Å². The van der Waals surface area contributed by atoms with Crippen LogP contribution in [0.1, 0.15) is 11.1 Å². The van der Waals surface area contributed by atoms with Gasteiger partial charge in [-0.1, -0.05) is 30.3 Å². The highest BCUT2D eigenvalue weighted by Gasteiger charge is 2.13. The molecule has 0 saturated heterocycles. The third kappa shape index (κ3) is 3.37. The van der Waals surface area contributed by atoms with Crippen LogP contribution in [-0.2, 0) is 6.42 Å². The highest BCUT2D eigenvalue weighted by Crippen LogP contribution is 2.31. The topological polar surface area (TPSA) is 50.7 Å². The summed E-state index contributed by atoms with van der Waals surface area (Å²) in [6, 6.07) is 14.4. The van der Waals surface area contributed by atoms with Gasteiger partial charge in [-0.3, -0.25) is 4.98 Å². The number of thiophene rings is 1. The minimum atomic E-state index is 0.713. The molecule has 5 heteroatoms. The number of benzene rings is 1. The molecule has 0 aliphatic carbocycles. The van der Waals surface area contributed by atoms with Crippen molar-refractivity contribution >= 4 is 27.4 Å². The van der Waals surface area contributed by atoms with Crippen molar-refractivity contribution in [3.8, 4) is 11.4 Å². The number of aryl methyl sites for hydroxylation is 1. The summed E-state index contributed by atoms with van der Waals surface area (Å²) in [6.45, 7) is 2.94. The maximum Gasteiger partial charge on any atom is 0.164 e. The van der Waals surface area contributed by atoms with Crippen molar-refractivity contribution in [2.75, 3.05) is 11.9 Å². The maximum atomic E-state index is 4.78. The van der Waals surface area contributed by atoms with Crippen LogP contribution in [-0.4, -0.2) is 21.5 Å². The van der Waals surface area contributed by atoms with Gasteiger partial charge in [-0.2, -0.15) is 0 Å². The molecule has 0 atom stereocenters. The Labute approximate surface area is 150 Å². The van der Waals surface area contributed by atoms with Crippen LogP contribution in [0, 0.1) is 6.92 Å². The van der Waals surface area contributed by atoms with E-state index in [-0.39, 0.29) is 0 Å². The molecule has 25 heavy (non-hydrogen) atoms. The van der Waals surface area contributed by atoms with Gasteiger partial charge < -0.3 is 5.32 Å². The number of nitrogens with one attached hydrogen (secondary N) is 1. The molecule has 0 bridgehead atoms. The van der Waals surface area contributed by atoms with Crippen molar-refractivity contribution in [1.29, 1.82) is 0 Å². The van der Waals surface area contributed by atoms with Gasteiger partial charge in [-0.05, 0) is 42.0 Å². The Hall–Kier alpha value is -2.79. The first-order valence-electron chi connectivity index (χ1n) is 8.25. The van der Waals surface area contributed by atoms with E-state index < -0.39 is 0 Å². The summed E-state index contributed by atoms with van der Waals surface area (Å²) in [7, 11) is 0. The number of hydrogen-bond donors (Lipinski definition) is 1. The van der Waals surface area contributed by atoms with E-state index in [0.29, 0.717) is 5.82 Å². The molecule has 0 aliphatic heterocycles. The van der Waals surface area contributed by atoms with E-state index in [4.69, 9.17) is 9.97 Å². The largest absolute Gasteiger partial charge is 0.369 e. The van der Waals surface area contributed by atoms with E-state index >= 15 is 0 Å². The quantitative estimate of drug-likeness (QED) is 0.568. The molecule has 0 saturated carbocycles. The highest BCUT2D eigenvalue weighted by molar-refractivity contribution is 7.17. The summed E-state index contributed by atoms with van der Waals surface area (Å²) in [5.41, 5.74) is 3.45. The van der Waals surface area contributed by atoms with Crippen molar-refractivity contribution in [3.05, 3.63) is 71.4 Å². The summed E-state index contributed by atoms with van der Waals surface area (Å²) >= 11 is 1.66. The number of pyridine rings is 1. The van der Waals surface area contributed by atoms with Gasteiger partial charge in [0.15, 0.2) is 5.82 Å². The molecular formula is C20H18N4S. The first kappa shape index (κ1) is 15.7. The fraction of sp³-hybridized carbons (Fsp3) is 0.150. The van der Waals surface area contributed by atoms with Crippen molar-refractivity contribution in [2.24, 2.45) is 0 Å². The van der Waals surface area contributed by atoms with Crippen LogP contribution in [0.25, 0.3) is 21.6 Å². The summed E-state index contributed by atoms with van der Waals surface area (Å²) in [5.74, 6) is 1.61. The molecular weight excluding hydrogens is 328 g/mol. The van der Waals surface area contributed by atoms with Gasteiger partial charge in [-0.15, -0.1) is 11.3 Å². The Bertz CT molecular complexity index is 981. The van der Waals surface area contributed by atoms with Crippen molar-refractivity contribution < 1.29 is 0 Å². The fourth-order valence-electron chi connectivity index (χ4n) is 2.81. The first-order valence-corrected chi connectivity index (χ1v) is 9.13. The Balaban J connectivity index is 1.65. The zero-order valence-electron chi connectivity index (χ0n) is 13.9. The van der Waals surface area contributed by atoms with Gasteiger partial charge in [0.05, 0.1) is 5.39 Å². The van der Waals surface area contributed by atoms with Gasteiger partial charge in [0, 0.05) is 24.5 Å². The molecule has 0 aliphatic rings. The van der Waals surface area contributed by atoms with Crippen LogP contribution < -0.4 is 5.32 Å². The highest BCUT2D eigenvalue weighted by atomic mass is 32.1. The zero-order valence-corrected chi connectivity index (χ0v) is 14.8. The molecule has 0 unspecified atom stereocenters. The van der Waals surface area contributed by atoms with Crippen molar-refractivity contribution in [2.45, 2.75) is 13.3 Å². The van der Waals surface area contributed by atoms with E-state index in [1.807, 2.05) is 18.2 Å². The third-order valence-corrected chi connectivity index (χ3v) is 5.08. The number of nitrogens with zero attached hydrogens (tertiary/aromatic N) is 3. The molecule has 0 radical (unpaired) electrons. The molecule has 0 fully saturated rings. The van der Waals surface area contributed by atoms with Crippen LogP contribution in [0.15, 0.2) is 60.2 Å². The number of anilines is 1. The molecule has 4 rings (SSSR count). The summed E-state index contributed by atoms with van der Waals surface area (Å²) in [6.07, 6.45) is 4.52. The summed E-state index contributed by atoms with van der Waals surface area (Å²) < 4.78 is 0. The Morgan fingerprint density at radius 2 is 1.92 bits per heavy atom. The van der Waals surface area contributed by atoms with Gasteiger partial charge in [0.25, 0.3) is 0 Å². The second-order valence-electron chi connectivity index (χ2n) is 5.90. The van der Waals surface area contributed by atoms with Gasteiger partial charge in [-0.25, -0.2) is 9.97 Å². The maximum absolute atomic E-state index is 4.78. The Morgan fingerprint density at radius 1 is 1.04 bits per heavy atom. The van der Waals surface area contributed by atoms with Crippen LogP contribution >= 0.6 is 11.3 Å². The second kappa shape index (κ2) is 6.99. The molecule has 1 N–H and O–H groups in total. The molecule has 1 aromatic carbocycles. The Morgan fingerprint density at radius 3 is 2.72 bits per heavy atom. The summed E-state index contributed by atoms with van der Waals surface area (Å²) in [4.78, 5) is 14.7. The SMILES string of the molecule is Cc1csc2nc(-c3cccnc3)nc(NCCc3ccccc3)c12. The summed E-state index contributed by atoms with van der Waals surface area (Å²) in [5, 5.41) is 6.76. The number of hydrogen-bond acceptors (Lipinski definition) is 5. The van der Waals surface area contributed by atoms with E-state index in [1.54, 1.807) is 23.7 Å². The zero-order chi connectivity index (χ0) is 17.1. The monoisotopic (exact) mass is 346 g/mol. The molecule has 4 nitrogen and oxygen atoms in total. The smallest absolute Gasteiger partial charge is 0.164 e. The van der Waals surface area contributed by atoms with Crippen LogP contribution in [0.3, 0.4) is 0 Å². The van der Waals surface area contributed by atoms with Crippen LogP contribution in [0.5, 0.6) is 0 Å². The van der Waals surface area contributed by atoms with E-state index in [9.17, 15) is 0 Å². The fourth-order valence-corrected chi connectivity index (χ4v) is 3.73. The van der Waals surface area contributed by atoms with Gasteiger partial charge in [0.1, 0.15) is 10.6 Å². The molecule has 3 heterocycles. The van der Waals surface area contributed by atoms with E-state index in [2.05, 4.69) is 46.9 Å². The second-order valence-corrected chi connectivity index (χ2v) is 6.76. The lowest BCUT2D eigenvalue weighted by atomic mass is 10.1. The molecule has 3 aromatic heterocycles. The predicted molar refractivity (Wildman–Crippen MR) is 104 cm³/mol. The third-order valence-electron chi connectivity index (χ3n) is 4.09. The average Bonchev–Trinajstić information content (AvgIpc) is 3.04. The molecule has 0 amide bonds. The average molecular weight is 346 g/mol. The lowest BCUT2D eigenvalue weighted by Crippen LogP contribution is -2.08. The number of rotatable bonds is 5. The lowest BCUT2D eigenvalue weighted by Gasteiger charge is -2.10.